The van der Waals surface area contributed by atoms with Gasteiger partial charge in [-0.15, -0.1) is 0 Å². The van der Waals surface area contributed by atoms with Crippen molar-refractivity contribution in [1.82, 2.24) is 14.5 Å². The Hall–Kier alpha value is -1.35. The van der Waals surface area contributed by atoms with E-state index < -0.39 is 28.1 Å². The highest BCUT2D eigenvalue weighted by Gasteiger charge is 2.27. The van der Waals surface area contributed by atoms with E-state index in [0.717, 1.165) is 6.26 Å². The molecule has 8 nitrogen and oxygen atoms in total. The number of amides is 2. The maximum atomic E-state index is 11.7. The summed E-state index contributed by atoms with van der Waals surface area (Å²) >= 11 is 0. The van der Waals surface area contributed by atoms with Gasteiger partial charge >= 0.3 is 12.0 Å². The summed E-state index contributed by atoms with van der Waals surface area (Å²) in [4.78, 5) is 23.6. The maximum Gasteiger partial charge on any atom is 0.325 e. The van der Waals surface area contributed by atoms with Crippen molar-refractivity contribution in [2.45, 2.75) is 13.0 Å². The van der Waals surface area contributed by atoms with Crippen LogP contribution < -0.4 is 5.32 Å². The van der Waals surface area contributed by atoms with E-state index in [9.17, 15) is 18.0 Å². The topological polar surface area (TPSA) is 107 Å². The Morgan fingerprint density at radius 1 is 1.22 bits per heavy atom. The lowest BCUT2D eigenvalue weighted by Crippen LogP contribution is -2.54. The van der Waals surface area contributed by atoms with Gasteiger partial charge < -0.3 is 15.3 Å². The van der Waals surface area contributed by atoms with Gasteiger partial charge in [-0.3, -0.25) is 4.79 Å². The first kappa shape index (κ1) is 14.7. The number of carboxylic acid groups (broad SMARTS) is 1. The number of sulfonamides is 1. The number of carbonyl (C=O) groups is 2. The summed E-state index contributed by atoms with van der Waals surface area (Å²) in [5.74, 6) is -1.11. The Morgan fingerprint density at radius 3 is 2.11 bits per heavy atom. The molecule has 0 unspecified atom stereocenters. The molecule has 9 heteroatoms. The second-order valence-corrected chi connectivity index (χ2v) is 6.14. The van der Waals surface area contributed by atoms with Gasteiger partial charge in [0.1, 0.15) is 6.04 Å². The second kappa shape index (κ2) is 5.53. The van der Waals surface area contributed by atoms with Crippen LogP contribution in [0.1, 0.15) is 6.92 Å². The highest BCUT2D eigenvalue weighted by atomic mass is 32.2. The van der Waals surface area contributed by atoms with E-state index >= 15 is 0 Å². The van der Waals surface area contributed by atoms with Crippen LogP contribution >= 0.6 is 0 Å². The number of aliphatic carboxylic acids is 1. The van der Waals surface area contributed by atoms with Gasteiger partial charge in [0.05, 0.1) is 6.26 Å². The van der Waals surface area contributed by atoms with Crippen LogP contribution in [0.4, 0.5) is 4.79 Å². The van der Waals surface area contributed by atoms with Crippen molar-refractivity contribution in [3.05, 3.63) is 0 Å². The van der Waals surface area contributed by atoms with Gasteiger partial charge in [-0.2, -0.15) is 4.31 Å². The summed E-state index contributed by atoms with van der Waals surface area (Å²) in [5, 5.41) is 11.0. The number of rotatable bonds is 3. The van der Waals surface area contributed by atoms with E-state index in [1.54, 1.807) is 0 Å². The molecule has 1 saturated heterocycles. The first-order valence-corrected chi connectivity index (χ1v) is 7.30. The normalized spacial score (nSPS) is 19.3. The van der Waals surface area contributed by atoms with E-state index in [4.69, 9.17) is 5.11 Å². The standard InChI is InChI=1S/C9H17N3O5S/c1-7(8(13)14)10-9(15)11-3-5-12(6-4-11)18(2,16)17/h7H,3-6H2,1-2H3,(H,10,15)(H,13,14)/t7-/m0/s1. The zero-order valence-electron chi connectivity index (χ0n) is 10.3. The van der Waals surface area contributed by atoms with Crippen molar-refractivity contribution in [2.75, 3.05) is 32.4 Å². The molecule has 1 heterocycles. The summed E-state index contributed by atoms with van der Waals surface area (Å²) in [7, 11) is -3.23. The molecule has 0 aromatic rings. The Kier molecular flexibility index (Phi) is 4.52. The zero-order valence-corrected chi connectivity index (χ0v) is 11.1. The summed E-state index contributed by atoms with van der Waals surface area (Å²) in [6, 6.07) is -1.46. The van der Waals surface area contributed by atoms with Crippen LogP contribution in [0.25, 0.3) is 0 Å². The fourth-order valence-corrected chi connectivity index (χ4v) is 2.39. The third-order valence-electron chi connectivity index (χ3n) is 2.71. The van der Waals surface area contributed by atoms with E-state index in [1.807, 2.05) is 0 Å². The average Bonchev–Trinajstić information content (AvgIpc) is 2.27. The number of carboxylic acids is 1. The molecule has 104 valence electrons. The van der Waals surface area contributed by atoms with E-state index in [1.165, 1.54) is 16.1 Å². The zero-order chi connectivity index (χ0) is 13.9. The number of urea groups is 1. The predicted octanol–water partition coefficient (Wildman–Crippen LogP) is -1.25. The molecule has 0 aliphatic carbocycles. The van der Waals surface area contributed by atoms with Crippen LogP contribution in [0.3, 0.4) is 0 Å². The van der Waals surface area contributed by atoms with Crippen molar-refractivity contribution in [3.8, 4) is 0 Å². The van der Waals surface area contributed by atoms with Gasteiger partial charge in [-0.05, 0) is 6.92 Å². The monoisotopic (exact) mass is 279 g/mol. The van der Waals surface area contributed by atoms with E-state index in [0.29, 0.717) is 0 Å². The fraction of sp³-hybridized carbons (Fsp3) is 0.778. The summed E-state index contributed by atoms with van der Waals surface area (Å²) < 4.78 is 23.8. The van der Waals surface area contributed by atoms with E-state index in [2.05, 4.69) is 5.32 Å². The van der Waals surface area contributed by atoms with Gasteiger partial charge in [0.2, 0.25) is 10.0 Å². The molecule has 0 bridgehead atoms. The highest BCUT2D eigenvalue weighted by Crippen LogP contribution is 2.06. The van der Waals surface area contributed by atoms with Crippen molar-refractivity contribution in [1.29, 1.82) is 0 Å². The molecule has 0 saturated carbocycles. The molecule has 0 aromatic heterocycles. The van der Waals surface area contributed by atoms with Crippen molar-refractivity contribution < 1.29 is 23.1 Å². The average molecular weight is 279 g/mol. The van der Waals surface area contributed by atoms with Crippen LogP contribution in [0.2, 0.25) is 0 Å². The molecule has 2 N–H and O–H groups in total. The minimum Gasteiger partial charge on any atom is -0.480 e. The summed E-state index contributed by atoms with van der Waals surface area (Å²) in [5.41, 5.74) is 0. The third-order valence-corrected chi connectivity index (χ3v) is 4.01. The van der Waals surface area contributed by atoms with Crippen molar-refractivity contribution in [3.63, 3.8) is 0 Å². The first-order valence-electron chi connectivity index (χ1n) is 5.45. The molecule has 1 atom stereocenters. The van der Waals surface area contributed by atoms with Crippen molar-refractivity contribution in [2.24, 2.45) is 0 Å². The quantitative estimate of drug-likeness (QED) is 0.671. The molecular weight excluding hydrogens is 262 g/mol. The molecule has 1 aliphatic rings. The maximum absolute atomic E-state index is 11.7. The highest BCUT2D eigenvalue weighted by molar-refractivity contribution is 7.88. The first-order chi connectivity index (χ1) is 8.21. The Balaban J connectivity index is 2.48. The largest absolute Gasteiger partial charge is 0.480 e. The molecule has 2 amide bonds. The summed E-state index contributed by atoms with van der Waals surface area (Å²) in [6.45, 7) is 2.34. The number of nitrogens with zero attached hydrogens (tertiary/aromatic N) is 2. The molecular formula is C9H17N3O5S. The lowest BCUT2D eigenvalue weighted by atomic mass is 10.3. The fourth-order valence-electron chi connectivity index (χ4n) is 1.56. The molecule has 1 fully saturated rings. The lowest BCUT2D eigenvalue weighted by Gasteiger charge is -2.33. The van der Waals surface area contributed by atoms with Gasteiger partial charge in [0.25, 0.3) is 0 Å². The number of hydrogen-bond acceptors (Lipinski definition) is 4. The third kappa shape index (κ3) is 3.84. The van der Waals surface area contributed by atoms with Crippen molar-refractivity contribution >= 4 is 22.0 Å². The Bertz CT molecular complexity index is 427. The Morgan fingerprint density at radius 2 is 1.72 bits per heavy atom. The minimum atomic E-state index is -3.23. The number of nitrogens with one attached hydrogen (secondary N) is 1. The van der Waals surface area contributed by atoms with Gasteiger partial charge in [0.15, 0.2) is 0 Å². The van der Waals surface area contributed by atoms with Crippen LogP contribution in [0, 0.1) is 0 Å². The van der Waals surface area contributed by atoms with Gasteiger partial charge in [-0.25, -0.2) is 13.2 Å². The SMILES string of the molecule is C[C@H](NC(=O)N1CCN(S(C)(=O)=O)CC1)C(=O)O. The summed E-state index contributed by atoms with van der Waals surface area (Å²) in [6.07, 6.45) is 1.12. The molecule has 0 radical (unpaired) electrons. The van der Waals surface area contributed by atoms with Gasteiger partial charge in [0, 0.05) is 26.2 Å². The molecule has 18 heavy (non-hydrogen) atoms. The smallest absolute Gasteiger partial charge is 0.325 e. The molecule has 1 aliphatic heterocycles. The van der Waals surface area contributed by atoms with Gasteiger partial charge in [-0.1, -0.05) is 0 Å². The lowest BCUT2D eigenvalue weighted by molar-refractivity contribution is -0.138. The molecule has 1 rings (SSSR count). The molecule has 0 spiro atoms. The minimum absolute atomic E-state index is 0.230. The van der Waals surface area contributed by atoms with Crippen LogP contribution in [-0.2, 0) is 14.8 Å². The second-order valence-electron chi connectivity index (χ2n) is 4.16. The molecule has 0 aromatic carbocycles. The number of hydrogen-bond donors (Lipinski definition) is 2. The number of piperazine rings is 1. The predicted molar refractivity (Wildman–Crippen MR) is 63.6 cm³/mol. The van der Waals surface area contributed by atoms with E-state index in [-0.39, 0.29) is 26.2 Å². The number of carbonyl (C=O) groups excluding carboxylic acids is 1. The Labute approximate surface area is 106 Å². The van der Waals surface area contributed by atoms with Crippen LogP contribution in [-0.4, -0.2) is 73.2 Å². The van der Waals surface area contributed by atoms with Crippen LogP contribution in [0.15, 0.2) is 0 Å². The van der Waals surface area contributed by atoms with Crippen LogP contribution in [0.5, 0.6) is 0 Å².